The fourth-order valence-electron chi connectivity index (χ4n) is 2.40. The van der Waals surface area contributed by atoms with Crippen molar-refractivity contribution in [1.82, 2.24) is 19.8 Å². The minimum absolute atomic E-state index is 0. The number of likely N-dealkylation sites (N-methyl/N-ethyl adjacent to an activating group) is 1. The van der Waals surface area contributed by atoms with E-state index in [9.17, 15) is 13.2 Å². The minimum Gasteiger partial charge on any atom is -0.356 e. The largest absolute Gasteiger partial charge is 0.356 e. The predicted molar refractivity (Wildman–Crippen MR) is 116 cm³/mol. The Balaban J connectivity index is 0.00000625. The Labute approximate surface area is 175 Å². The van der Waals surface area contributed by atoms with Gasteiger partial charge in [-0.2, -0.15) is 0 Å². The molecule has 154 valence electrons. The van der Waals surface area contributed by atoms with E-state index in [1.54, 1.807) is 25.3 Å². The van der Waals surface area contributed by atoms with Crippen LogP contribution in [0.3, 0.4) is 0 Å². The maximum absolute atomic E-state index is 11.9. The van der Waals surface area contributed by atoms with Gasteiger partial charge in [-0.3, -0.25) is 4.79 Å². The van der Waals surface area contributed by atoms with Crippen LogP contribution in [0, 0.1) is 5.92 Å². The lowest BCUT2D eigenvalue weighted by Gasteiger charge is -2.32. The highest BCUT2D eigenvalue weighted by Gasteiger charge is 2.27. The van der Waals surface area contributed by atoms with Gasteiger partial charge in [0.2, 0.25) is 15.9 Å². The molecule has 10 heteroatoms. The van der Waals surface area contributed by atoms with Crippen LogP contribution in [0.4, 0.5) is 0 Å². The van der Waals surface area contributed by atoms with Crippen LogP contribution in [0.25, 0.3) is 0 Å². The van der Waals surface area contributed by atoms with Crippen LogP contribution in [0.2, 0.25) is 0 Å². The first-order chi connectivity index (χ1) is 11.7. The van der Waals surface area contributed by atoms with Crippen LogP contribution in [0.1, 0.15) is 33.6 Å². The fraction of sp³-hybridized carbons (Fsp3) is 0.875. The van der Waals surface area contributed by atoms with Crippen LogP contribution < -0.4 is 10.6 Å². The summed E-state index contributed by atoms with van der Waals surface area (Å²) < 4.78 is 25.4. The number of hydrogen-bond acceptors (Lipinski definition) is 4. The highest BCUT2D eigenvalue weighted by molar-refractivity contribution is 14.0. The molecule has 1 amide bonds. The molecule has 0 saturated carbocycles. The molecule has 1 aliphatic rings. The molecular weight excluding hydrogens is 469 g/mol. The molecule has 0 aliphatic carbocycles. The molecule has 1 rings (SSSR count). The predicted octanol–water partition coefficient (Wildman–Crippen LogP) is 0.698. The number of carbonyl (C=O) groups excluding carboxylic acids is 1. The molecule has 1 aliphatic heterocycles. The summed E-state index contributed by atoms with van der Waals surface area (Å²) in [6.07, 6.45) is 1.45. The summed E-state index contributed by atoms with van der Waals surface area (Å²) in [6.45, 7) is 7.74. The summed E-state index contributed by atoms with van der Waals surface area (Å²) in [5, 5.41) is 6.59. The Kier molecular flexibility index (Phi) is 11.7. The first-order valence-corrected chi connectivity index (χ1v) is 10.5. The van der Waals surface area contributed by atoms with Crippen molar-refractivity contribution in [3.63, 3.8) is 0 Å². The summed E-state index contributed by atoms with van der Waals surface area (Å²) in [5.41, 5.74) is 0. The van der Waals surface area contributed by atoms with E-state index in [0.29, 0.717) is 25.0 Å². The van der Waals surface area contributed by atoms with Crippen LogP contribution in [0.5, 0.6) is 0 Å². The molecule has 2 N–H and O–H groups in total. The summed E-state index contributed by atoms with van der Waals surface area (Å²) >= 11 is 0. The van der Waals surface area contributed by atoms with Crippen molar-refractivity contribution in [2.45, 2.75) is 39.7 Å². The molecule has 0 unspecified atom stereocenters. The van der Waals surface area contributed by atoms with E-state index in [0.717, 1.165) is 19.4 Å². The number of carbonyl (C=O) groups is 1. The molecular formula is C16H34IN5O3S. The number of nitrogens with zero attached hydrogens (tertiary/aromatic N) is 3. The smallest absolute Gasteiger partial charge is 0.243 e. The van der Waals surface area contributed by atoms with Gasteiger partial charge in [-0.25, -0.2) is 17.7 Å². The molecule has 0 atom stereocenters. The summed E-state index contributed by atoms with van der Waals surface area (Å²) in [4.78, 5) is 17.6. The standard InChI is InChI=1S/C16H33N5O3S.HI/c1-6-25(23,24)21-9-7-14(8-10-21)19-16(17-11-13(2)3)18-12-15(22)20(4)5;/h13-14H,6-12H2,1-5H3,(H2,17,18,19);1H. The Bertz CT molecular complexity index is 558. The zero-order valence-electron chi connectivity index (χ0n) is 16.5. The average molecular weight is 503 g/mol. The Morgan fingerprint density at radius 2 is 1.85 bits per heavy atom. The van der Waals surface area contributed by atoms with E-state index < -0.39 is 10.0 Å². The number of rotatable bonds is 7. The van der Waals surface area contributed by atoms with Gasteiger partial charge in [0.25, 0.3) is 0 Å². The van der Waals surface area contributed by atoms with Crippen LogP contribution in [-0.4, -0.2) is 81.6 Å². The fourth-order valence-corrected chi connectivity index (χ4v) is 3.53. The van der Waals surface area contributed by atoms with Crippen molar-refractivity contribution in [2.75, 3.05) is 46.0 Å². The zero-order valence-corrected chi connectivity index (χ0v) is 19.6. The molecule has 1 saturated heterocycles. The van der Waals surface area contributed by atoms with Gasteiger partial charge >= 0.3 is 0 Å². The second kappa shape index (κ2) is 12.0. The molecule has 0 radical (unpaired) electrons. The lowest BCUT2D eigenvalue weighted by molar-refractivity contribution is -0.127. The molecule has 26 heavy (non-hydrogen) atoms. The number of hydrogen-bond donors (Lipinski definition) is 2. The second-order valence-electron chi connectivity index (χ2n) is 6.95. The number of sulfonamides is 1. The molecule has 0 bridgehead atoms. The lowest BCUT2D eigenvalue weighted by Crippen LogP contribution is -2.50. The third-order valence-corrected chi connectivity index (χ3v) is 5.98. The average Bonchev–Trinajstić information content (AvgIpc) is 2.57. The van der Waals surface area contributed by atoms with Gasteiger partial charge in [-0.05, 0) is 25.7 Å². The van der Waals surface area contributed by atoms with Gasteiger partial charge in [0, 0.05) is 39.8 Å². The highest BCUT2D eigenvalue weighted by atomic mass is 127. The minimum atomic E-state index is -3.12. The third kappa shape index (κ3) is 8.85. The third-order valence-electron chi connectivity index (χ3n) is 4.10. The number of halogens is 1. The zero-order chi connectivity index (χ0) is 19.0. The van der Waals surface area contributed by atoms with E-state index in [4.69, 9.17) is 0 Å². The number of aliphatic imine (C=N–C) groups is 1. The van der Waals surface area contributed by atoms with E-state index >= 15 is 0 Å². The number of piperidine rings is 1. The Morgan fingerprint density at radius 1 is 1.27 bits per heavy atom. The number of nitrogens with one attached hydrogen (secondary N) is 2. The Morgan fingerprint density at radius 3 is 2.31 bits per heavy atom. The van der Waals surface area contributed by atoms with Crippen molar-refractivity contribution in [3.8, 4) is 0 Å². The van der Waals surface area contributed by atoms with E-state index in [-0.39, 0.29) is 48.2 Å². The normalized spacial score (nSPS) is 16.9. The quantitative estimate of drug-likeness (QED) is 0.303. The maximum atomic E-state index is 11.9. The molecule has 0 aromatic carbocycles. The topological polar surface area (TPSA) is 94.1 Å². The number of amides is 1. The molecule has 1 heterocycles. The maximum Gasteiger partial charge on any atom is 0.243 e. The van der Waals surface area contributed by atoms with Crippen LogP contribution >= 0.6 is 24.0 Å². The number of guanidine groups is 1. The van der Waals surface area contributed by atoms with Crippen molar-refractivity contribution < 1.29 is 13.2 Å². The highest BCUT2D eigenvalue weighted by Crippen LogP contribution is 2.14. The first-order valence-electron chi connectivity index (χ1n) is 8.88. The van der Waals surface area contributed by atoms with Crippen LogP contribution in [-0.2, 0) is 14.8 Å². The van der Waals surface area contributed by atoms with Gasteiger partial charge in [0.15, 0.2) is 5.96 Å². The second-order valence-corrected chi connectivity index (χ2v) is 9.20. The summed E-state index contributed by atoms with van der Waals surface area (Å²) in [5.74, 6) is 1.14. The molecule has 8 nitrogen and oxygen atoms in total. The van der Waals surface area contributed by atoms with Gasteiger partial charge < -0.3 is 15.5 Å². The van der Waals surface area contributed by atoms with E-state index in [1.165, 1.54) is 4.90 Å². The summed E-state index contributed by atoms with van der Waals surface area (Å²) in [7, 11) is 0.293. The summed E-state index contributed by atoms with van der Waals surface area (Å²) in [6, 6.07) is 0.149. The molecule has 0 aromatic rings. The van der Waals surface area contributed by atoms with Crippen LogP contribution in [0.15, 0.2) is 4.99 Å². The van der Waals surface area contributed by atoms with Crippen molar-refractivity contribution in [3.05, 3.63) is 0 Å². The Hall–Kier alpha value is -0.620. The lowest BCUT2D eigenvalue weighted by atomic mass is 10.1. The molecule has 0 aromatic heterocycles. The molecule has 0 spiro atoms. The van der Waals surface area contributed by atoms with Crippen molar-refractivity contribution >= 4 is 45.9 Å². The van der Waals surface area contributed by atoms with Gasteiger partial charge in [0.05, 0.1) is 5.75 Å². The monoisotopic (exact) mass is 503 g/mol. The van der Waals surface area contributed by atoms with E-state index in [1.807, 2.05) is 0 Å². The SMILES string of the molecule is CCS(=O)(=O)N1CCC(NC(=NCC(=O)N(C)C)NCC(C)C)CC1.I. The van der Waals surface area contributed by atoms with Crippen molar-refractivity contribution in [2.24, 2.45) is 10.9 Å². The van der Waals surface area contributed by atoms with Gasteiger partial charge in [-0.15, -0.1) is 24.0 Å². The molecule has 1 fully saturated rings. The van der Waals surface area contributed by atoms with Gasteiger partial charge in [-0.1, -0.05) is 13.8 Å². The van der Waals surface area contributed by atoms with Gasteiger partial charge in [0.1, 0.15) is 6.54 Å². The van der Waals surface area contributed by atoms with Crippen molar-refractivity contribution in [1.29, 1.82) is 0 Å². The first kappa shape index (κ1) is 25.4. The van der Waals surface area contributed by atoms with E-state index in [2.05, 4.69) is 29.5 Å².